The first kappa shape index (κ1) is 33.3. The Balaban J connectivity index is 3.00. The van der Waals surface area contributed by atoms with Gasteiger partial charge >= 0.3 is 11.9 Å². The van der Waals surface area contributed by atoms with E-state index in [0.29, 0.717) is 31.4 Å². The summed E-state index contributed by atoms with van der Waals surface area (Å²) < 4.78 is 0. The molecule has 13 nitrogen and oxygen atoms in total. The number of hydrogen-bond donors (Lipinski definition) is 8. The van der Waals surface area contributed by atoms with Crippen LogP contribution in [0.5, 0.6) is 5.75 Å². The van der Waals surface area contributed by atoms with Crippen molar-refractivity contribution in [1.82, 2.24) is 16.0 Å². The molecular formula is C26H41N5O8. The maximum atomic E-state index is 13.2. The van der Waals surface area contributed by atoms with Gasteiger partial charge in [-0.1, -0.05) is 32.4 Å². The van der Waals surface area contributed by atoms with Gasteiger partial charge in [0.2, 0.25) is 17.7 Å². The van der Waals surface area contributed by atoms with E-state index in [1.807, 2.05) is 0 Å². The van der Waals surface area contributed by atoms with Gasteiger partial charge < -0.3 is 42.7 Å². The molecule has 0 aliphatic heterocycles. The molecule has 13 heteroatoms. The maximum absolute atomic E-state index is 13.2. The number of benzene rings is 1. The third kappa shape index (κ3) is 12.1. The first-order valence-electron chi connectivity index (χ1n) is 13.0. The normalized spacial score (nSPS) is 14.8. The van der Waals surface area contributed by atoms with Crippen molar-refractivity contribution >= 4 is 29.7 Å². The Labute approximate surface area is 227 Å². The molecule has 0 aromatic heterocycles. The quantitative estimate of drug-likeness (QED) is 0.112. The maximum Gasteiger partial charge on any atom is 0.326 e. The van der Waals surface area contributed by atoms with E-state index in [0.717, 1.165) is 0 Å². The molecule has 0 saturated carbocycles. The molecule has 0 aliphatic rings. The minimum absolute atomic E-state index is 0.0667. The van der Waals surface area contributed by atoms with Gasteiger partial charge in [-0.25, -0.2) is 4.79 Å². The molecular weight excluding hydrogens is 510 g/mol. The highest BCUT2D eigenvalue weighted by Crippen LogP contribution is 2.13. The van der Waals surface area contributed by atoms with E-state index in [9.17, 15) is 34.2 Å². The summed E-state index contributed by atoms with van der Waals surface area (Å²) >= 11 is 0. The average Bonchev–Trinajstić information content (AvgIpc) is 2.89. The summed E-state index contributed by atoms with van der Waals surface area (Å²) in [4.78, 5) is 61.8. The first-order valence-corrected chi connectivity index (χ1v) is 13.0. The fourth-order valence-electron chi connectivity index (χ4n) is 3.76. The zero-order valence-corrected chi connectivity index (χ0v) is 22.4. The molecule has 0 saturated heterocycles. The molecule has 1 aromatic carbocycles. The summed E-state index contributed by atoms with van der Waals surface area (Å²) in [7, 11) is 0. The highest BCUT2D eigenvalue weighted by molar-refractivity contribution is 5.94. The summed E-state index contributed by atoms with van der Waals surface area (Å²) in [6, 6.07) is 1.48. The Morgan fingerprint density at radius 1 is 0.872 bits per heavy atom. The summed E-state index contributed by atoms with van der Waals surface area (Å²) in [5, 5.41) is 35.5. The summed E-state index contributed by atoms with van der Waals surface area (Å²) in [5.74, 6) is -4.96. The van der Waals surface area contributed by atoms with E-state index in [2.05, 4.69) is 16.0 Å². The van der Waals surface area contributed by atoms with Crippen LogP contribution in [-0.2, 0) is 30.4 Å². The van der Waals surface area contributed by atoms with E-state index in [1.54, 1.807) is 26.0 Å². The molecule has 10 N–H and O–H groups in total. The summed E-state index contributed by atoms with van der Waals surface area (Å²) in [6.45, 7) is 3.89. The molecule has 1 aromatic rings. The molecule has 39 heavy (non-hydrogen) atoms. The molecule has 0 fully saturated rings. The smallest absolute Gasteiger partial charge is 0.326 e. The van der Waals surface area contributed by atoms with Gasteiger partial charge in [0.1, 0.15) is 23.9 Å². The van der Waals surface area contributed by atoms with Crippen molar-refractivity contribution in [1.29, 1.82) is 0 Å². The SMILES string of the molecule is CCC(C)C(NC(=O)C(N)Cc1ccc(O)cc1)C(=O)NC(CCC(=O)O)C(=O)NC(CCCCN)C(=O)O. The van der Waals surface area contributed by atoms with Crippen LogP contribution in [0.3, 0.4) is 0 Å². The van der Waals surface area contributed by atoms with Crippen molar-refractivity contribution in [2.45, 2.75) is 83.0 Å². The molecule has 1 rings (SSSR count). The van der Waals surface area contributed by atoms with E-state index in [-0.39, 0.29) is 30.9 Å². The fourth-order valence-corrected chi connectivity index (χ4v) is 3.76. The number of rotatable bonds is 18. The minimum Gasteiger partial charge on any atom is -0.508 e. The Bertz CT molecular complexity index is 972. The number of hydrogen-bond acceptors (Lipinski definition) is 8. The third-order valence-electron chi connectivity index (χ3n) is 6.36. The molecule has 218 valence electrons. The van der Waals surface area contributed by atoms with Crippen LogP contribution in [0.2, 0.25) is 0 Å². The van der Waals surface area contributed by atoms with E-state index in [1.165, 1.54) is 12.1 Å². The van der Waals surface area contributed by atoms with Gasteiger partial charge in [-0.15, -0.1) is 0 Å². The number of phenolic OH excluding ortho intramolecular Hbond substituents is 1. The van der Waals surface area contributed by atoms with Crippen LogP contribution in [0.25, 0.3) is 0 Å². The Morgan fingerprint density at radius 3 is 2.03 bits per heavy atom. The van der Waals surface area contributed by atoms with Crippen molar-refractivity contribution in [3.63, 3.8) is 0 Å². The predicted octanol–water partition coefficient (Wildman–Crippen LogP) is -0.159. The van der Waals surface area contributed by atoms with E-state index < -0.39 is 60.2 Å². The lowest BCUT2D eigenvalue weighted by molar-refractivity contribution is -0.143. The number of nitrogens with one attached hydrogen (secondary N) is 3. The van der Waals surface area contributed by atoms with Gasteiger partial charge in [0.15, 0.2) is 0 Å². The van der Waals surface area contributed by atoms with Crippen LogP contribution in [-0.4, -0.2) is 75.7 Å². The van der Waals surface area contributed by atoms with Crippen molar-refractivity contribution < 1.29 is 39.3 Å². The molecule has 0 heterocycles. The molecule has 0 radical (unpaired) electrons. The lowest BCUT2D eigenvalue weighted by atomic mass is 9.96. The minimum atomic E-state index is -1.35. The number of aliphatic carboxylic acids is 2. The number of carboxylic acids is 2. The second kappa shape index (κ2) is 17.0. The van der Waals surface area contributed by atoms with Crippen LogP contribution in [0, 0.1) is 5.92 Å². The molecule has 0 spiro atoms. The zero-order chi connectivity index (χ0) is 29.5. The number of phenols is 1. The Morgan fingerprint density at radius 2 is 1.49 bits per heavy atom. The van der Waals surface area contributed by atoms with Crippen LogP contribution in [0.15, 0.2) is 24.3 Å². The van der Waals surface area contributed by atoms with Crippen LogP contribution in [0.4, 0.5) is 0 Å². The van der Waals surface area contributed by atoms with Crippen molar-refractivity contribution in [3.05, 3.63) is 29.8 Å². The molecule has 0 aliphatic carbocycles. The highest BCUT2D eigenvalue weighted by atomic mass is 16.4. The van der Waals surface area contributed by atoms with E-state index >= 15 is 0 Å². The third-order valence-corrected chi connectivity index (χ3v) is 6.36. The number of nitrogens with two attached hydrogens (primary N) is 2. The Kier molecular flexibility index (Phi) is 14.5. The van der Waals surface area contributed by atoms with E-state index in [4.69, 9.17) is 16.6 Å². The monoisotopic (exact) mass is 551 g/mol. The number of carboxylic acid groups (broad SMARTS) is 2. The summed E-state index contributed by atoms with van der Waals surface area (Å²) in [5.41, 5.74) is 12.2. The number of aromatic hydroxyl groups is 1. The molecule has 5 atom stereocenters. The number of carbonyl (C=O) groups is 5. The molecule has 5 unspecified atom stereocenters. The predicted molar refractivity (Wildman–Crippen MR) is 142 cm³/mol. The Hall–Kier alpha value is -3.71. The standard InChI is InChI=1S/C26H41N5O8/c1-3-15(2)22(31-23(35)18(28)14-16-7-9-17(32)10-8-16)25(37)29-19(11-12-21(33)34)24(36)30-20(26(38)39)6-4-5-13-27/h7-10,15,18-20,22,32H,3-6,11-14,27-28H2,1-2H3,(H,29,37)(H,30,36)(H,31,35)(H,33,34)(H,38,39). The van der Waals surface area contributed by atoms with Crippen molar-refractivity contribution in [3.8, 4) is 5.75 Å². The van der Waals surface area contributed by atoms with Gasteiger partial charge in [0.25, 0.3) is 0 Å². The lowest BCUT2D eigenvalue weighted by Crippen LogP contribution is -2.58. The van der Waals surface area contributed by atoms with Crippen molar-refractivity contribution in [2.75, 3.05) is 6.54 Å². The summed E-state index contributed by atoms with van der Waals surface area (Å²) in [6.07, 6.45) is 1.01. The van der Waals surface area contributed by atoms with Gasteiger partial charge in [-0.3, -0.25) is 19.2 Å². The largest absolute Gasteiger partial charge is 0.508 e. The number of amides is 3. The van der Waals surface area contributed by atoms with Gasteiger partial charge in [-0.2, -0.15) is 0 Å². The molecule has 3 amide bonds. The second-order valence-electron chi connectivity index (χ2n) is 9.53. The highest BCUT2D eigenvalue weighted by Gasteiger charge is 2.32. The molecule has 0 bridgehead atoms. The number of unbranched alkanes of at least 4 members (excludes halogenated alkanes) is 1. The lowest BCUT2D eigenvalue weighted by Gasteiger charge is -2.28. The number of carbonyl (C=O) groups excluding carboxylic acids is 3. The van der Waals surface area contributed by atoms with Crippen LogP contribution in [0.1, 0.15) is 57.9 Å². The fraction of sp³-hybridized carbons (Fsp3) is 0.577. The first-order chi connectivity index (χ1) is 18.4. The average molecular weight is 552 g/mol. The second-order valence-corrected chi connectivity index (χ2v) is 9.53. The van der Waals surface area contributed by atoms with Gasteiger partial charge in [-0.05, 0) is 62.3 Å². The van der Waals surface area contributed by atoms with Gasteiger partial charge in [0, 0.05) is 6.42 Å². The zero-order valence-electron chi connectivity index (χ0n) is 22.4. The van der Waals surface area contributed by atoms with Crippen LogP contribution >= 0.6 is 0 Å². The van der Waals surface area contributed by atoms with Crippen LogP contribution < -0.4 is 27.4 Å². The topological polar surface area (TPSA) is 234 Å². The van der Waals surface area contributed by atoms with Gasteiger partial charge in [0.05, 0.1) is 6.04 Å². The van der Waals surface area contributed by atoms with Crippen molar-refractivity contribution in [2.24, 2.45) is 17.4 Å².